The van der Waals surface area contributed by atoms with Crippen molar-refractivity contribution in [2.75, 3.05) is 26.7 Å². The predicted octanol–water partition coefficient (Wildman–Crippen LogP) is 4.28. The molecule has 0 bridgehead atoms. The van der Waals surface area contributed by atoms with Crippen LogP contribution in [0, 0.1) is 13.8 Å². The molecule has 5 rings (SSSR count). The van der Waals surface area contributed by atoms with Crippen molar-refractivity contribution < 1.29 is 9.53 Å². The molecule has 2 aliphatic heterocycles. The van der Waals surface area contributed by atoms with Crippen LogP contribution in [0.5, 0.6) is 5.75 Å². The SMILES string of the molecule is COc1ccc(C2CC=C3CN(C(=O)c4ccc(-n5cccc5)nc4)CCN32)c(C)c1C. The van der Waals surface area contributed by atoms with E-state index in [0.717, 1.165) is 24.5 Å². The van der Waals surface area contributed by atoms with Crippen molar-refractivity contribution in [3.05, 3.63) is 89.0 Å². The number of benzene rings is 1. The molecule has 0 spiro atoms. The normalized spacial score (nSPS) is 17.8. The largest absolute Gasteiger partial charge is 0.496 e. The van der Waals surface area contributed by atoms with Gasteiger partial charge in [-0.05, 0) is 67.3 Å². The summed E-state index contributed by atoms with van der Waals surface area (Å²) in [4.78, 5) is 22.0. The van der Waals surface area contributed by atoms with Crippen LogP contribution in [0.1, 0.15) is 39.5 Å². The van der Waals surface area contributed by atoms with E-state index in [0.29, 0.717) is 24.7 Å². The molecule has 2 aromatic heterocycles. The lowest BCUT2D eigenvalue weighted by Gasteiger charge is -2.39. The van der Waals surface area contributed by atoms with Crippen LogP contribution in [0.4, 0.5) is 0 Å². The molecule has 1 unspecified atom stereocenters. The number of carbonyl (C=O) groups is 1. The van der Waals surface area contributed by atoms with E-state index in [-0.39, 0.29) is 5.91 Å². The summed E-state index contributed by atoms with van der Waals surface area (Å²) in [6, 6.07) is 12.3. The average Bonchev–Trinajstić information content (AvgIpc) is 3.50. The van der Waals surface area contributed by atoms with Gasteiger partial charge in [-0.1, -0.05) is 12.1 Å². The van der Waals surface area contributed by atoms with Gasteiger partial charge in [0.25, 0.3) is 5.91 Å². The first-order chi connectivity index (χ1) is 15.6. The molecule has 1 atom stereocenters. The highest BCUT2D eigenvalue weighted by molar-refractivity contribution is 5.94. The molecule has 0 N–H and O–H groups in total. The van der Waals surface area contributed by atoms with Gasteiger partial charge in [0.1, 0.15) is 11.6 Å². The molecule has 0 aliphatic carbocycles. The molecule has 0 saturated carbocycles. The number of nitrogens with zero attached hydrogens (tertiary/aromatic N) is 4. The molecule has 32 heavy (non-hydrogen) atoms. The van der Waals surface area contributed by atoms with Gasteiger partial charge in [-0.25, -0.2) is 4.98 Å². The second-order valence-electron chi connectivity index (χ2n) is 8.47. The number of pyridine rings is 1. The Morgan fingerprint density at radius 2 is 1.88 bits per heavy atom. The number of hydrogen-bond acceptors (Lipinski definition) is 4. The van der Waals surface area contributed by atoms with E-state index < -0.39 is 0 Å². The number of piperazine rings is 1. The maximum Gasteiger partial charge on any atom is 0.255 e. The van der Waals surface area contributed by atoms with Gasteiger partial charge in [0, 0.05) is 37.4 Å². The molecule has 1 fully saturated rings. The Hall–Kier alpha value is -3.54. The molecule has 1 amide bonds. The third kappa shape index (κ3) is 3.45. The number of fused-ring (bicyclic) bond motifs is 1. The highest BCUT2D eigenvalue weighted by Crippen LogP contribution is 2.39. The van der Waals surface area contributed by atoms with Crippen molar-refractivity contribution in [3.63, 3.8) is 0 Å². The Balaban J connectivity index is 1.29. The number of methoxy groups -OCH3 is 1. The van der Waals surface area contributed by atoms with Crippen LogP contribution in [0.2, 0.25) is 0 Å². The Kier molecular flexibility index (Phi) is 5.21. The minimum Gasteiger partial charge on any atom is -0.496 e. The van der Waals surface area contributed by atoms with Crippen molar-refractivity contribution in [2.24, 2.45) is 0 Å². The summed E-state index contributed by atoms with van der Waals surface area (Å²) < 4.78 is 7.41. The highest BCUT2D eigenvalue weighted by Gasteiger charge is 2.34. The highest BCUT2D eigenvalue weighted by atomic mass is 16.5. The van der Waals surface area contributed by atoms with Crippen molar-refractivity contribution in [2.45, 2.75) is 26.3 Å². The second kappa shape index (κ2) is 8.19. The molecule has 6 heteroatoms. The summed E-state index contributed by atoms with van der Waals surface area (Å²) >= 11 is 0. The third-order valence-electron chi connectivity index (χ3n) is 6.79. The van der Waals surface area contributed by atoms with Crippen molar-refractivity contribution in [3.8, 4) is 11.6 Å². The van der Waals surface area contributed by atoms with Gasteiger partial charge in [-0.2, -0.15) is 0 Å². The number of aromatic nitrogens is 2. The van der Waals surface area contributed by atoms with E-state index in [1.807, 2.05) is 46.1 Å². The fraction of sp³-hybridized carbons (Fsp3) is 0.308. The van der Waals surface area contributed by atoms with Crippen LogP contribution in [0.25, 0.3) is 5.82 Å². The van der Waals surface area contributed by atoms with Gasteiger partial charge >= 0.3 is 0 Å². The quantitative estimate of drug-likeness (QED) is 0.622. The summed E-state index contributed by atoms with van der Waals surface area (Å²) in [5, 5.41) is 0. The van der Waals surface area contributed by atoms with E-state index in [1.54, 1.807) is 13.3 Å². The fourth-order valence-corrected chi connectivity index (χ4v) is 4.85. The lowest BCUT2D eigenvalue weighted by molar-refractivity contribution is 0.0683. The number of rotatable bonds is 4. The van der Waals surface area contributed by atoms with Gasteiger partial charge in [-0.15, -0.1) is 0 Å². The first-order valence-electron chi connectivity index (χ1n) is 11.0. The standard InChI is InChI=1S/C26H28N4O2/c1-18-19(2)24(32-3)10-8-22(18)23-9-7-21-17-29(14-15-30(21)23)26(31)20-6-11-25(27-16-20)28-12-4-5-13-28/h4-8,10-13,16,23H,9,14-15,17H2,1-3H3. The number of ether oxygens (including phenoxy) is 1. The maximum absolute atomic E-state index is 13.1. The molecule has 0 radical (unpaired) electrons. The van der Waals surface area contributed by atoms with E-state index in [4.69, 9.17) is 4.74 Å². The molecule has 2 aliphatic rings. The zero-order valence-electron chi connectivity index (χ0n) is 18.8. The smallest absolute Gasteiger partial charge is 0.255 e. The minimum absolute atomic E-state index is 0.0389. The van der Waals surface area contributed by atoms with Crippen LogP contribution in [-0.4, -0.2) is 52.0 Å². The van der Waals surface area contributed by atoms with Gasteiger partial charge in [0.2, 0.25) is 0 Å². The minimum atomic E-state index is 0.0389. The van der Waals surface area contributed by atoms with Crippen LogP contribution in [-0.2, 0) is 0 Å². The van der Waals surface area contributed by atoms with Crippen LogP contribution in [0.3, 0.4) is 0 Å². The van der Waals surface area contributed by atoms with E-state index in [2.05, 4.69) is 41.9 Å². The van der Waals surface area contributed by atoms with Gasteiger partial charge < -0.3 is 19.1 Å². The molecule has 1 aromatic carbocycles. The molecular weight excluding hydrogens is 400 g/mol. The lowest BCUT2D eigenvalue weighted by Crippen LogP contribution is -2.46. The first-order valence-corrected chi connectivity index (χ1v) is 11.0. The molecule has 1 saturated heterocycles. The Morgan fingerprint density at radius 1 is 1.06 bits per heavy atom. The first kappa shape index (κ1) is 20.4. The lowest BCUT2D eigenvalue weighted by atomic mass is 9.95. The Labute approximate surface area is 188 Å². The van der Waals surface area contributed by atoms with Gasteiger partial charge in [0.15, 0.2) is 0 Å². The number of amides is 1. The zero-order chi connectivity index (χ0) is 22.2. The predicted molar refractivity (Wildman–Crippen MR) is 124 cm³/mol. The topological polar surface area (TPSA) is 50.6 Å². The van der Waals surface area contributed by atoms with Crippen LogP contribution < -0.4 is 4.74 Å². The van der Waals surface area contributed by atoms with Crippen molar-refractivity contribution in [1.82, 2.24) is 19.4 Å². The third-order valence-corrected chi connectivity index (χ3v) is 6.79. The summed E-state index contributed by atoms with van der Waals surface area (Å²) in [7, 11) is 1.72. The molecule has 4 heterocycles. The summed E-state index contributed by atoms with van der Waals surface area (Å²) in [5.74, 6) is 1.78. The Bertz CT molecular complexity index is 1170. The summed E-state index contributed by atoms with van der Waals surface area (Å²) in [6.07, 6.45) is 8.82. The van der Waals surface area contributed by atoms with Crippen LogP contribution >= 0.6 is 0 Å². The number of carbonyl (C=O) groups excluding carboxylic acids is 1. The monoisotopic (exact) mass is 428 g/mol. The summed E-state index contributed by atoms with van der Waals surface area (Å²) in [6.45, 7) is 6.48. The van der Waals surface area contributed by atoms with Gasteiger partial charge in [0.05, 0.1) is 25.3 Å². The maximum atomic E-state index is 13.1. The second-order valence-corrected chi connectivity index (χ2v) is 8.47. The van der Waals surface area contributed by atoms with Crippen molar-refractivity contribution in [1.29, 1.82) is 0 Å². The average molecular weight is 429 g/mol. The molecule has 164 valence electrons. The Morgan fingerprint density at radius 3 is 2.59 bits per heavy atom. The molecular formula is C26H28N4O2. The summed E-state index contributed by atoms with van der Waals surface area (Å²) in [5.41, 5.74) is 5.70. The van der Waals surface area contributed by atoms with E-state index in [9.17, 15) is 4.79 Å². The van der Waals surface area contributed by atoms with E-state index >= 15 is 0 Å². The molecule has 3 aromatic rings. The van der Waals surface area contributed by atoms with Gasteiger partial charge in [-0.3, -0.25) is 4.79 Å². The number of hydrogen-bond donors (Lipinski definition) is 0. The van der Waals surface area contributed by atoms with Crippen molar-refractivity contribution >= 4 is 5.91 Å². The zero-order valence-corrected chi connectivity index (χ0v) is 18.8. The fourth-order valence-electron chi connectivity index (χ4n) is 4.85. The van der Waals surface area contributed by atoms with E-state index in [1.165, 1.54) is 22.4 Å². The molecule has 6 nitrogen and oxygen atoms in total. The van der Waals surface area contributed by atoms with Crippen LogP contribution in [0.15, 0.2) is 66.8 Å².